The lowest BCUT2D eigenvalue weighted by molar-refractivity contribution is 1.17. The molecule has 0 atom stereocenters. The largest absolute Gasteiger partial charge is 0.388 e. The molecule has 0 saturated heterocycles. The molecule has 2 aromatic carbocycles. The summed E-state index contributed by atoms with van der Waals surface area (Å²) in [6.07, 6.45) is 0. The van der Waals surface area contributed by atoms with Gasteiger partial charge in [0, 0.05) is 41.1 Å². The van der Waals surface area contributed by atoms with Gasteiger partial charge in [-0.2, -0.15) is 0 Å². The summed E-state index contributed by atoms with van der Waals surface area (Å²) >= 11 is 3.44. The fourth-order valence-corrected chi connectivity index (χ4v) is 3.32. The highest BCUT2D eigenvalue weighted by Crippen LogP contribution is 2.20. The van der Waals surface area contributed by atoms with E-state index >= 15 is 0 Å². The minimum atomic E-state index is 0.896. The minimum absolute atomic E-state index is 0.896. The van der Waals surface area contributed by atoms with Gasteiger partial charge in [-0.05, 0) is 81.6 Å². The van der Waals surface area contributed by atoms with Gasteiger partial charge in [-0.25, -0.2) is 9.97 Å². The molecule has 4 rings (SSSR count). The molecule has 0 aliphatic rings. The van der Waals surface area contributed by atoms with E-state index in [0.717, 1.165) is 56.7 Å². The molecule has 2 aromatic heterocycles. The van der Waals surface area contributed by atoms with Gasteiger partial charge in [0.05, 0.1) is 11.0 Å². The third-order valence-electron chi connectivity index (χ3n) is 4.34. The standard InChI is InChI=1S/C12H15N3.C11H11BrN2.CH5N/c1-3-14-12-7-4-9-8-10(13-2)5-6-11(9)15-12;1-2-13-11-6-3-8-7-9(12)4-5-10(8)14-11;1-2/h4-8,13H,3H2,1-2H3,(H,14,15);3-7H,2H2,1H3,(H,13,14);2H2,1H3. The molecule has 2 heterocycles. The lowest BCUT2D eigenvalue weighted by atomic mass is 10.2. The molecule has 0 aliphatic carbocycles. The van der Waals surface area contributed by atoms with Crippen molar-refractivity contribution >= 4 is 55.1 Å². The van der Waals surface area contributed by atoms with Crippen molar-refractivity contribution in [1.29, 1.82) is 0 Å². The maximum atomic E-state index is 4.50. The Balaban J connectivity index is 0.000000204. The molecule has 0 unspecified atom stereocenters. The van der Waals surface area contributed by atoms with Crippen molar-refractivity contribution in [3.8, 4) is 0 Å². The summed E-state index contributed by atoms with van der Waals surface area (Å²) in [5, 5.41) is 11.8. The van der Waals surface area contributed by atoms with Crippen LogP contribution in [0.25, 0.3) is 21.8 Å². The molecule has 4 aromatic rings. The zero-order valence-electron chi connectivity index (χ0n) is 18.5. The monoisotopic (exact) mass is 482 g/mol. The van der Waals surface area contributed by atoms with Crippen LogP contribution < -0.4 is 21.7 Å². The van der Waals surface area contributed by atoms with Gasteiger partial charge < -0.3 is 21.7 Å². The van der Waals surface area contributed by atoms with Crippen molar-refractivity contribution in [3.05, 3.63) is 65.1 Å². The summed E-state index contributed by atoms with van der Waals surface area (Å²) < 4.78 is 1.09. The number of anilines is 3. The second-order valence-corrected chi connectivity index (χ2v) is 7.36. The Morgan fingerprint density at radius 1 is 0.742 bits per heavy atom. The Hall–Kier alpha value is -2.90. The fraction of sp³-hybridized carbons (Fsp3) is 0.250. The fourth-order valence-electron chi connectivity index (χ4n) is 2.94. The Labute approximate surface area is 192 Å². The number of benzene rings is 2. The van der Waals surface area contributed by atoms with E-state index in [4.69, 9.17) is 0 Å². The number of hydrogen-bond donors (Lipinski definition) is 4. The highest BCUT2D eigenvalue weighted by Gasteiger charge is 1.99. The zero-order valence-corrected chi connectivity index (χ0v) is 20.1. The average molecular weight is 483 g/mol. The molecule has 0 radical (unpaired) electrons. The summed E-state index contributed by atoms with van der Waals surface area (Å²) in [7, 11) is 3.42. The molecule has 0 aliphatic heterocycles. The van der Waals surface area contributed by atoms with Gasteiger partial charge in [0.1, 0.15) is 11.6 Å². The predicted molar refractivity (Wildman–Crippen MR) is 139 cm³/mol. The molecule has 0 saturated carbocycles. The molecule has 5 N–H and O–H groups in total. The van der Waals surface area contributed by atoms with Crippen LogP contribution in [0.5, 0.6) is 0 Å². The number of fused-ring (bicyclic) bond motifs is 2. The lowest BCUT2D eigenvalue weighted by Crippen LogP contribution is -1.98. The first-order valence-corrected chi connectivity index (χ1v) is 11.1. The van der Waals surface area contributed by atoms with E-state index in [0.29, 0.717) is 0 Å². The quantitative estimate of drug-likeness (QED) is 0.291. The lowest BCUT2D eigenvalue weighted by Gasteiger charge is -2.05. The van der Waals surface area contributed by atoms with E-state index < -0.39 is 0 Å². The number of aromatic nitrogens is 2. The smallest absolute Gasteiger partial charge is 0.126 e. The second-order valence-electron chi connectivity index (χ2n) is 6.45. The first kappa shape index (κ1) is 24.4. The van der Waals surface area contributed by atoms with Crippen LogP contribution in [0, 0.1) is 0 Å². The van der Waals surface area contributed by atoms with Crippen molar-refractivity contribution in [1.82, 2.24) is 9.97 Å². The summed E-state index contributed by atoms with van der Waals surface area (Å²) in [6, 6.07) is 20.4. The van der Waals surface area contributed by atoms with Gasteiger partial charge in [-0.15, -0.1) is 0 Å². The Kier molecular flexibility index (Phi) is 10.00. The van der Waals surface area contributed by atoms with Crippen LogP contribution in [-0.4, -0.2) is 37.2 Å². The molecule has 0 amide bonds. The first-order valence-electron chi connectivity index (χ1n) is 10.3. The molecule has 6 nitrogen and oxygen atoms in total. The molecule has 0 fully saturated rings. The highest BCUT2D eigenvalue weighted by molar-refractivity contribution is 9.10. The van der Waals surface area contributed by atoms with Gasteiger partial charge in [0.25, 0.3) is 0 Å². The topological polar surface area (TPSA) is 87.9 Å². The highest BCUT2D eigenvalue weighted by atomic mass is 79.9. The van der Waals surface area contributed by atoms with E-state index in [1.54, 1.807) is 0 Å². The maximum absolute atomic E-state index is 4.50. The Bertz CT molecular complexity index is 1100. The third kappa shape index (κ3) is 7.08. The van der Waals surface area contributed by atoms with Crippen LogP contribution in [0.15, 0.2) is 65.1 Å². The maximum Gasteiger partial charge on any atom is 0.126 e. The molecule has 0 bridgehead atoms. The van der Waals surface area contributed by atoms with Gasteiger partial charge in [-0.1, -0.05) is 15.9 Å². The van der Waals surface area contributed by atoms with Crippen molar-refractivity contribution in [3.63, 3.8) is 0 Å². The van der Waals surface area contributed by atoms with Gasteiger partial charge in [0.15, 0.2) is 0 Å². The van der Waals surface area contributed by atoms with Crippen molar-refractivity contribution in [2.45, 2.75) is 13.8 Å². The molecular formula is C24H31BrN6. The van der Waals surface area contributed by atoms with Gasteiger partial charge >= 0.3 is 0 Å². The number of hydrogen-bond acceptors (Lipinski definition) is 6. The number of nitrogens with zero attached hydrogens (tertiary/aromatic N) is 2. The number of nitrogens with one attached hydrogen (secondary N) is 3. The zero-order chi connectivity index (χ0) is 22.6. The van der Waals surface area contributed by atoms with Crippen LogP contribution in [0.1, 0.15) is 13.8 Å². The first-order chi connectivity index (χ1) is 15.1. The van der Waals surface area contributed by atoms with E-state index in [-0.39, 0.29) is 0 Å². The number of rotatable bonds is 5. The second kappa shape index (κ2) is 12.7. The third-order valence-corrected chi connectivity index (χ3v) is 4.84. The number of halogens is 1. The SMILES string of the molecule is CCNc1ccc2cc(Br)ccc2n1.CCNc1ccc2cc(NC)ccc2n1.CN. The van der Waals surface area contributed by atoms with Crippen molar-refractivity contribution in [2.75, 3.05) is 43.1 Å². The summed E-state index contributed by atoms with van der Waals surface area (Å²) in [5.74, 6) is 1.87. The molecule has 0 spiro atoms. The Morgan fingerprint density at radius 3 is 1.77 bits per heavy atom. The average Bonchev–Trinajstić information content (AvgIpc) is 2.81. The predicted octanol–water partition coefficient (Wildman–Crippen LogP) is 5.71. The van der Waals surface area contributed by atoms with Crippen molar-refractivity contribution in [2.24, 2.45) is 5.73 Å². The van der Waals surface area contributed by atoms with Crippen LogP contribution in [0.2, 0.25) is 0 Å². The molecule has 7 heteroatoms. The van der Waals surface area contributed by atoms with Crippen LogP contribution in [-0.2, 0) is 0 Å². The normalized spacial score (nSPS) is 9.87. The van der Waals surface area contributed by atoms with E-state index in [1.807, 2.05) is 43.4 Å². The van der Waals surface area contributed by atoms with E-state index in [2.05, 4.69) is 85.7 Å². The summed E-state index contributed by atoms with van der Waals surface area (Å²) in [5.41, 5.74) is 7.65. The van der Waals surface area contributed by atoms with Crippen LogP contribution >= 0.6 is 15.9 Å². The van der Waals surface area contributed by atoms with E-state index in [9.17, 15) is 0 Å². The minimum Gasteiger partial charge on any atom is -0.388 e. The summed E-state index contributed by atoms with van der Waals surface area (Å²) in [4.78, 5) is 8.98. The summed E-state index contributed by atoms with van der Waals surface area (Å²) in [6.45, 7) is 5.92. The van der Waals surface area contributed by atoms with Crippen LogP contribution in [0.4, 0.5) is 17.3 Å². The van der Waals surface area contributed by atoms with E-state index in [1.165, 1.54) is 7.05 Å². The number of nitrogens with two attached hydrogens (primary N) is 1. The molecule has 164 valence electrons. The Morgan fingerprint density at radius 2 is 1.26 bits per heavy atom. The molecular weight excluding hydrogens is 452 g/mol. The van der Waals surface area contributed by atoms with Gasteiger partial charge in [-0.3, -0.25) is 0 Å². The molecule has 31 heavy (non-hydrogen) atoms. The van der Waals surface area contributed by atoms with Crippen LogP contribution in [0.3, 0.4) is 0 Å². The van der Waals surface area contributed by atoms with Crippen molar-refractivity contribution < 1.29 is 0 Å². The number of pyridine rings is 2. The van der Waals surface area contributed by atoms with Gasteiger partial charge in [0.2, 0.25) is 0 Å².